The fourth-order valence-electron chi connectivity index (χ4n) is 2.38. The predicted molar refractivity (Wildman–Crippen MR) is 65.7 cm³/mol. The molecule has 0 bridgehead atoms. The molecule has 0 aromatic heterocycles. The summed E-state index contributed by atoms with van der Waals surface area (Å²) < 4.78 is 37.3. The molecule has 1 aromatic rings. The van der Waals surface area contributed by atoms with Crippen LogP contribution in [0.1, 0.15) is 12.0 Å². The van der Waals surface area contributed by atoms with Gasteiger partial charge >= 0.3 is 6.18 Å². The fourth-order valence-corrected chi connectivity index (χ4v) is 2.38. The van der Waals surface area contributed by atoms with Crippen molar-refractivity contribution in [2.75, 3.05) is 31.6 Å². The topological polar surface area (TPSA) is 15.3 Å². The first-order chi connectivity index (χ1) is 8.50. The van der Waals surface area contributed by atoms with Crippen molar-refractivity contribution in [1.29, 1.82) is 0 Å². The van der Waals surface area contributed by atoms with Gasteiger partial charge in [0.2, 0.25) is 0 Å². The molecule has 0 saturated carbocycles. The Morgan fingerprint density at radius 3 is 2.50 bits per heavy atom. The Balaban J connectivity index is 2.03. The molecule has 0 amide bonds. The Hall–Kier alpha value is -1.23. The van der Waals surface area contributed by atoms with Crippen LogP contribution in [-0.4, -0.2) is 26.7 Å². The molecule has 100 valence electrons. The van der Waals surface area contributed by atoms with Gasteiger partial charge in [0.05, 0.1) is 5.56 Å². The second-order valence-corrected chi connectivity index (χ2v) is 4.70. The van der Waals surface area contributed by atoms with Crippen molar-refractivity contribution >= 4 is 5.69 Å². The number of benzene rings is 1. The predicted octanol–water partition coefficient (Wildman–Crippen LogP) is 2.75. The molecule has 1 unspecified atom stereocenters. The van der Waals surface area contributed by atoms with Gasteiger partial charge in [0.15, 0.2) is 0 Å². The summed E-state index contributed by atoms with van der Waals surface area (Å²) in [7, 11) is 1.92. The molecule has 0 aliphatic carbocycles. The zero-order valence-corrected chi connectivity index (χ0v) is 10.3. The van der Waals surface area contributed by atoms with E-state index in [1.54, 1.807) is 12.1 Å². The highest BCUT2D eigenvalue weighted by Gasteiger charge is 2.30. The molecule has 1 aliphatic heterocycles. The summed E-state index contributed by atoms with van der Waals surface area (Å²) >= 11 is 0. The smallest absolute Gasteiger partial charge is 0.371 e. The number of hydrogen-bond acceptors (Lipinski definition) is 2. The lowest BCUT2D eigenvalue weighted by atomic mass is 10.1. The fraction of sp³-hybridized carbons (Fsp3) is 0.538. The number of nitrogens with zero attached hydrogens (tertiary/aromatic N) is 1. The lowest BCUT2D eigenvalue weighted by Crippen LogP contribution is -2.24. The van der Waals surface area contributed by atoms with Crippen LogP contribution in [0.15, 0.2) is 24.3 Å². The quantitative estimate of drug-likeness (QED) is 0.896. The van der Waals surface area contributed by atoms with E-state index in [0.717, 1.165) is 43.9 Å². The molecular weight excluding hydrogens is 241 g/mol. The molecule has 18 heavy (non-hydrogen) atoms. The van der Waals surface area contributed by atoms with E-state index >= 15 is 0 Å². The summed E-state index contributed by atoms with van der Waals surface area (Å²) in [5.74, 6) is 0.581. The number of rotatable bonds is 3. The van der Waals surface area contributed by atoms with Crippen molar-refractivity contribution in [3.63, 3.8) is 0 Å². The van der Waals surface area contributed by atoms with Gasteiger partial charge in [-0.3, -0.25) is 0 Å². The molecule has 0 radical (unpaired) electrons. The van der Waals surface area contributed by atoms with Gasteiger partial charge in [-0.1, -0.05) is 0 Å². The van der Waals surface area contributed by atoms with Gasteiger partial charge in [-0.2, -0.15) is 13.2 Å². The third-order valence-electron chi connectivity index (χ3n) is 3.34. The summed E-state index contributed by atoms with van der Waals surface area (Å²) in [5.41, 5.74) is 0.291. The normalized spacial score (nSPS) is 20.4. The monoisotopic (exact) mass is 258 g/mol. The minimum Gasteiger partial charge on any atom is -0.371 e. The maximum Gasteiger partial charge on any atom is 0.416 e. The molecular formula is C13H17F3N2. The minimum atomic E-state index is -4.25. The standard InChI is InChI=1S/C13H17F3N2/c1-17-8-10-6-7-18(9-10)12-4-2-11(3-5-12)13(14,15)16/h2-5,10,17H,6-9H2,1H3. The van der Waals surface area contributed by atoms with Gasteiger partial charge in [0.1, 0.15) is 0 Å². The Kier molecular flexibility index (Phi) is 3.80. The molecule has 0 spiro atoms. The van der Waals surface area contributed by atoms with Crippen LogP contribution in [0.5, 0.6) is 0 Å². The van der Waals surface area contributed by atoms with Crippen LogP contribution in [0, 0.1) is 5.92 Å². The number of anilines is 1. The molecule has 2 rings (SSSR count). The molecule has 2 nitrogen and oxygen atoms in total. The SMILES string of the molecule is CNCC1CCN(c2ccc(C(F)(F)F)cc2)C1. The maximum absolute atomic E-state index is 12.4. The summed E-state index contributed by atoms with van der Waals surface area (Å²) in [6.45, 7) is 2.78. The average molecular weight is 258 g/mol. The molecule has 1 fully saturated rings. The maximum atomic E-state index is 12.4. The van der Waals surface area contributed by atoms with Crippen LogP contribution in [-0.2, 0) is 6.18 Å². The van der Waals surface area contributed by atoms with Gasteiger partial charge in [0, 0.05) is 18.8 Å². The Bertz CT molecular complexity index is 386. The van der Waals surface area contributed by atoms with Crippen molar-refractivity contribution in [1.82, 2.24) is 5.32 Å². The Morgan fingerprint density at radius 2 is 1.94 bits per heavy atom. The van der Waals surface area contributed by atoms with Gasteiger partial charge < -0.3 is 10.2 Å². The average Bonchev–Trinajstić information content (AvgIpc) is 2.77. The van der Waals surface area contributed by atoms with E-state index in [4.69, 9.17) is 0 Å². The number of hydrogen-bond donors (Lipinski definition) is 1. The van der Waals surface area contributed by atoms with Crippen molar-refractivity contribution in [2.45, 2.75) is 12.6 Å². The number of alkyl halides is 3. The van der Waals surface area contributed by atoms with Crippen molar-refractivity contribution in [3.8, 4) is 0 Å². The van der Waals surface area contributed by atoms with Gasteiger partial charge in [-0.25, -0.2) is 0 Å². The molecule has 5 heteroatoms. The van der Waals surface area contributed by atoms with Crippen LogP contribution in [0.4, 0.5) is 18.9 Å². The van der Waals surface area contributed by atoms with Crippen molar-refractivity contribution < 1.29 is 13.2 Å². The number of halogens is 3. The van der Waals surface area contributed by atoms with E-state index < -0.39 is 11.7 Å². The van der Waals surface area contributed by atoms with Crippen LogP contribution in [0.3, 0.4) is 0 Å². The largest absolute Gasteiger partial charge is 0.416 e. The molecule has 1 heterocycles. The first-order valence-corrected chi connectivity index (χ1v) is 6.07. The van der Waals surface area contributed by atoms with Gasteiger partial charge in [-0.15, -0.1) is 0 Å². The summed E-state index contributed by atoms with van der Waals surface area (Å²) in [4.78, 5) is 2.14. The third-order valence-corrected chi connectivity index (χ3v) is 3.34. The van der Waals surface area contributed by atoms with E-state index in [-0.39, 0.29) is 0 Å². The zero-order valence-electron chi connectivity index (χ0n) is 10.3. The van der Waals surface area contributed by atoms with Gasteiger partial charge in [0.25, 0.3) is 0 Å². The van der Waals surface area contributed by atoms with Crippen LogP contribution < -0.4 is 10.2 Å². The first kappa shape index (κ1) is 13.2. The summed E-state index contributed by atoms with van der Waals surface area (Å²) in [6.07, 6.45) is -3.17. The van der Waals surface area contributed by atoms with Crippen LogP contribution in [0.25, 0.3) is 0 Å². The highest BCUT2D eigenvalue weighted by molar-refractivity contribution is 5.48. The van der Waals surface area contributed by atoms with Crippen molar-refractivity contribution in [3.05, 3.63) is 29.8 Å². The first-order valence-electron chi connectivity index (χ1n) is 6.07. The summed E-state index contributed by atoms with van der Waals surface area (Å²) in [5, 5.41) is 3.14. The van der Waals surface area contributed by atoms with E-state index in [1.807, 2.05) is 7.05 Å². The van der Waals surface area contributed by atoms with Crippen LogP contribution in [0.2, 0.25) is 0 Å². The van der Waals surface area contributed by atoms with E-state index in [9.17, 15) is 13.2 Å². The molecule has 1 aliphatic rings. The third kappa shape index (κ3) is 2.96. The molecule has 1 atom stereocenters. The lowest BCUT2D eigenvalue weighted by molar-refractivity contribution is -0.137. The summed E-state index contributed by atoms with van der Waals surface area (Å²) in [6, 6.07) is 5.43. The van der Waals surface area contributed by atoms with E-state index in [2.05, 4.69) is 10.2 Å². The van der Waals surface area contributed by atoms with Crippen LogP contribution >= 0.6 is 0 Å². The van der Waals surface area contributed by atoms with E-state index in [1.165, 1.54) is 0 Å². The minimum absolute atomic E-state index is 0.581. The van der Waals surface area contributed by atoms with E-state index in [0.29, 0.717) is 5.92 Å². The van der Waals surface area contributed by atoms with Gasteiger partial charge in [-0.05, 0) is 50.2 Å². The van der Waals surface area contributed by atoms with Crippen molar-refractivity contribution in [2.24, 2.45) is 5.92 Å². The molecule has 1 saturated heterocycles. The Morgan fingerprint density at radius 1 is 1.28 bits per heavy atom. The lowest BCUT2D eigenvalue weighted by Gasteiger charge is -2.19. The highest BCUT2D eigenvalue weighted by atomic mass is 19.4. The molecule has 1 N–H and O–H groups in total. The second kappa shape index (κ2) is 5.18. The molecule has 1 aromatic carbocycles. The second-order valence-electron chi connectivity index (χ2n) is 4.70. The Labute approximate surface area is 105 Å². The zero-order chi connectivity index (χ0) is 13.2. The highest BCUT2D eigenvalue weighted by Crippen LogP contribution is 2.31. The number of nitrogens with one attached hydrogen (secondary N) is 1.